The smallest absolute Gasteiger partial charge is 0.135 e. The van der Waals surface area contributed by atoms with Crippen LogP contribution in [0.5, 0.6) is 0 Å². The van der Waals surface area contributed by atoms with Crippen LogP contribution < -0.4 is 4.90 Å². The van der Waals surface area contributed by atoms with Crippen LogP contribution in [0.25, 0.3) is 77.2 Å². The number of nitrogens with zero attached hydrogens (tertiary/aromatic N) is 1. The molecule has 254 valence electrons. The van der Waals surface area contributed by atoms with Crippen LogP contribution in [0.15, 0.2) is 217 Å². The summed E-state index contributed by atoms with van der Waals surface area (Å²) >= 11 is 0. The van der Waals surface area contributed by atoms with Crippen molar-refractivity contribution in [2.24, 2.45) is 0 Å². The van der Waals surface area contributed by atoms with Gasteiger partial charge in [0, 0.05) is 27.7 Å². The molecule has 0 unspecified atom stereocenters. The number of benzene rings is 9. The Morgan fingerprint density at radius 1 is 0.296 bits per heavy atom. The van der Waals surface area contributed by atoms with Gasteiger partial charge in [-0.1, -0.05) is 158 Å². The summed E-state index contributed by atoms with van der Waals surface area (Å²) in [5, 5.41) is 4.77. The fraction of sp³-hybridized carbons (Fsp3) is 0. The fourth-order valence-electron chi connectivity index (χ4n) is 7.71. The molecule has 0 saturated carbocycles. The van der Waals surface area contributed by atoms with Crippen LogP contribution in [-0.4, -0.2) is 0 Å². The van der Waals surface area contributed by atoms with Crippen molar-refractivity contribution < 1.29 is 4.42 Å². The normalized spacial score (nSPS) is 11.3. The minimum atomic E-state index is 0.901. The minimum Gasteiger partial charge on any atom is -0.456 e. The number of furan rings is 1. The van der Waals surface area contributed by atoms with E-state index in [0.29, 0.717) is 0 Å². The Morgan fingerprint density at radius 2 is 0.870 bits per heavy atom. The molecule has 0 spiro atoms. The molecule has 2 nitrogen and oxygen atoms in total. The third-order valence-corrected chi connectivity index (χ3v) is 10.5. The maximum Gasteiger partial charge on any atom is 0.135 e. The molecule has 10 rings (SSSR count). The van der Waals surface area contributed by atoms with Crippen molar-refractivity contribution in [1.82, 2.24) is 0 Å². The summed E-state index contributed by atoms with van der Waals surface area (Å²) in [6.45, 7) is 0. The lowest BCUT2D eigenvalue weighted by Crippen LogP contribution is -2.11. The lowest BCUT2D eigenvalue weighted by atomic mass is 9.98. The molecule has 2 heteroatoms. The predicted molar refractivity (Wildman–Crippen MR) is 228 cm³/mol. The van der Waals surface area contributed by atoms with E-state index in [1.165, 1.54) is 44.2 Å². The molecule has 0 saturated heterocycles. The Kier molecular flexibility index (Phi) is 7.85. The SMILES string of the molecule is c1ccc(-c2ccccc2N(c2ccc(-c3ccc(-c4ccc5ccccc5c4)cc3)cc2)c2cccc(-c3ccc4oc5ccccc5c4c3)c2)cc1. The van der Waals surface area contributed by atoms with Gasteiger partial charge < -0.3 is 9.32 Å². The summed E-state index contributed by atoms with van der Waals surface area (Å²) in [4.78, 5) is 2.38. The predicted octanol–water partition coefficient (Wildman–Crippen LogP) is 14.9. The van der Waals surface area contributed by atoms with Crippen LogP contribution >= 0.6 is 0 Å². The van der Waals surface area contributed by atoms with Gasteiger partial charge in [0.2, 0.25) is 0 Å². The molecular formula is C52H35NO. The van der Waals surface area contributed by atoms with E-state index in [1.54, 1.807) is 0 Å². The van der Waals surface area contributed by atoms with Crippen molar-refractivity contribution in [1.29, 1.82) is 0 Å². The summed E-state index contributed by atoms with van der Waals surface area (Å²) in [6.07, 6.45) is 0. The molecule has 0 atom stereocenters. The van der Waals surface area contributed by atoms with Crippen molar-refractivity contribution in [2.45, 2.75) is 0 Å². The van der Waals surface area contributed by atoms with E-state index in [4.69, 9.17) is 4.42 Å². The zero-order chi connectivity index (χ0) is 35.8. The molecule has 0 amide bonds. The second-order valence-corrected chi connectivity index (χ2v) is 13.8. The Hall–Kier alpha value is -7.16. The molecule has 0 aliphatic heterocycles. The average Bonchev–Trinajstić information content (AvgIpc) is 3.63. The first kappa shape index (κ1) is 31.6. The van der Waals surface area contributed by atoms with Gasteiger partial charge in [0.1, 0.15) is 11.2 Å². The highest BCUT2D eigenvalue weighted by Gasteiger charge is 2.18. The number of fused-ring (bicyclic) bond motifs is 4. The second-order valence-electron chi connectivity index (χ2n) is 13.8. The Labute approximate surface area is 314 Å². The van der Waals surface area contributed by atoms with Gasteiger partial charge in [-0.15, -0.1) is 0 Å². The standard InChI is InChI=1S/C52H35NO/c1-2-12-40(13-3-1)47-17-6-8-19-50(47)53(46-16-10-15-42(34-46)44-29-32-52-49(35-44)48-18-7-9-20-51(48)54-52)45-30-27-38(28-31-45)37-21-23-39(24-22-37)43-26-25-36-11-4-5-14-41(36)33-43/h1-35H. The van der Waals surface area contributed by atoms with Gasteiger partial charge in [-0.25, -0.2) is 0 Å². The van der Waals surface area contributed by atoms with Crippen LogP contribution in [0.1, 0.15) is 0 Å². The topological polar surface area (TPSA) is 16.4 Å². The van der Waals surface area contributed by atoms with E-state index in [-0.39, 0.29) is 0 Å². The van der Waals surface area contributed by atoms with E-state index < -0.39 is 0 Å². The van der Waals surface area contributed by atoms with Gasteiger partial charge in [-0.3, -0.25) is 0 Å². The molecule has 0 aliphatic rings. The fourth-order valence-corrected chi connectivity index (χ4v) is 7.71. The second kappa shape index (κ2) is 13.4. The van der Waals surface area contributed by atoms with Crippen molar-refractivity contribution >= 4 is 49.8 Å². The summed E-state index contributed by atoms with van der Waals surface area (Å²) in [5.41, 5.74) is 14.5. The molecule has 0 radical (unpaired) electrons. The maximum atomic E-state index is 6.15. The molecule has 10 aromatic rings. The van der Waals surface area contributed by atoms with Crippen molar-refractivity contribution in [3.05, 3.63) is 212 Å². The van der Waals surface area contributed by atoms with Gasteiger partial charge in [0.15, 0.2) is 0 Å². The lowest BCUT2D eigenvalue weighted by Gasteiger charge is -2.28. The largest absolute Gasteiger partial charge is 0.456 e. The first-order valence-corrected chi connectivity index (χ1v) is 18.4. The molecular weight excluding hydrogens is 655 g/mol. The van der Waals surface area contributed by atoms with Crippen LogP contribution in [0, 0.1) is 0 Å². The van der Waals surface area contributed by atoms with Crippen molar-refractivity contribution in [3.8, 4) is 44.5 Å². The summed E-state index contributed by atoms with van der Waals surface area (Å²) in [7, 11) is 0. The Bertz CT molecular complexity index is 2920. The zero-order valence-corrected chi connectivity index (χ0v) is 29.6. The average molecular weight is 690 g/mol. The first-order valence-electron chi connectivity index (χ1n) is 18.4. The molecule has 1 heterocycles. The van der Waals surface area contributed by atoms with E-state index in [0.717, 1.165) is 50.1 Å². The zero-order valence-electron chi connectivity index (χ0n) is 29.6. The first-order chi connectivity index (χ1) is 26.7. The van der Waals surface area contributed by atoms with Gasteiger partial charge in [0.25, 0.3) is 0 Å². The van der Waals surface area contributed by atoms with E-state index in [9.17, 15) is 0 Å². The van der Waals surface area contributed by atoms with Gasteiger partial charge in [-0.05, 0) is 104 Å². The highest BCUT2D eigenvalue weighted by Crippen LogP contribution is 2.43. The number of anilines is 3. The van der Waals surface area contributed by atoms with E-state index >= 15 is 0 Å². The summed E-state index contributed by atoms with van der Waals surface area (Å²) < 4.78 is 6.15. The van der Waals surface area contributed by atoms with Crippen molar-refractivity contribution in [2.75, 3.05) is 4.90 Å². The maximum absolute atomic E-state index is 6.15. The summed E-state index contributed by atoms with van der Waals surface area (Å²) in [5.74, 6) is 0. The van der Waals surface area contributed by atoms with Crippen LogP contribution in [0.4, 0.5) is 17.1 Å². The van der Waals surface area contributed by atoms with Crippen LogP contribution in [0.3, 0.4) is 0 Å². The molecule has 0 bridgehead atoms. The highest BCUT2D eigenvalue weighted by molar-refractivity contribution is 6.06. The monoisotopic (exact) mass is 689 g/mol. The third-order valence-electron chi connectivity index (χ3n) is 10.5. The van der Waals surface area contributed by atoms with Gasteiger partial charge in [0.05, 0.1) is 5.69 Å². The molecule has 54 heavy (non-hydrogen) atoms. The Morgan fingerprint density at radius 3 is 1.70 bits per heavy atom. The minimum absolute atomic E-state index is 0.901. The Balaban J connectivity index is 1.04. The van der Waals surface area contributed by atoms with Crippen molar-refractivity contribution in [3.63, 3.8) is 0 Å². The van der Waals surface area contributed by atoms with Gasteiger partial charge in [-0.2, -0.15) is 0 Å². The lowest BCUT2D eigenvalue weighted by molar-refractivity contribution is 0.669. The number of rotatable bonds is 7. The number of hydrogen-bond acceptors (Lipinski definition) is 2. The van der Waals surface area contributed by atoms with E-state index in [2.05, 4.69) is 205 Å². The molecule has 9 aromatic carbocycles. The molecule has 0 aliphatic carbocycles. The van der Waals surface area contributed by atoms with Crippen LogP contribution in [-0.2, 0) is 0 Å². The third kappa shape index (κ3) is 5.81. The van der Waals surface area contributed by atoms with Gasteiger partial charge >= 0.3 is 0 Å². The molecule has 1 aromatic heterocycles. The number of hydrogen-bond donors (Lipinski definition) is 0. The highest BCUT2D eigenvalue weighted by atomic mass is 16.3. The number of para-hydroxylation sites is 2. The molecule has 0 fully saturated rings. The summed E-state index contributed by atoms with van der Waals surface area (Å²) in [6, 6.07) is 76.0. The molecule has 0 N–H and O–H groups in total. The quantitative estimate of drug-likeness (QED) is 0.166. The van der Waals surface area contributed by atoms with E-state index in [1.807, 2.05) is 12.1 Å². The van der Waals surface area contributed by atoms with Crippen LogP contribution in [0.2, 0.25) is 0 Å².